The van der Waals surface area contributed by atoms with E-state index in [1.807, 2.05) is 0 Å². The molecule has 9 N–H and O–H groups in total. The van der Waals surface area contributed by atoms with E-state index in [-0.39, 0.29) is 30.9 Å². The van der Waals surface area contributed by atoms with Gasteiger partial charge in [0, 0.05) is 38.6 Å². The first-order valence-corrected chi connectivity index (χ1v) is 20.8. The Bertz CT molecular complexity index is 1930. The van der Waals surface area contributed by atoms with Crippen molar-refractivity contribution >= 4 is 65.1 Å². The maximum absolute atomic E-state index is 14.1. The molecule has 0 aromatic heterocycles. The quantitative estimate of drug-likeness (QED) is 0.0484. The molecule has 0 spiro atoms. The summed E-state index contributed by atoms with van der Waals surface area (Å²) in [5.74, 6) is -10.8. The third-order valence-corrected chi connectivity index (χ3v) is 9.90. The fourth-order valence-electron chi connectivity index (χ4n) is 6.52. The van der Waals surface area contributed by atoms with Crippen LogP contribution in [-0.4, -0.2) is 145 Å². The number of benzene rings is 1. The molecular formula is C40H59N9O16. The smallest absolute Gasteiger partial charge is 0.434 e. The Morgan fingerprint density at radius 3 is 1.86 bits per heavy atom. The van der Waals surface area contributed by atoms with E-state index < -0.39 is 138 Å². The van der Waals surface area contributed by atoms with Crippen LogP contribution in [0.25, 0.3) is 0 Å². The van der Waals surface area contributed by atoms with Crippen molar-refractivity contribution in [1.29, 1.82) is 0 Å². The van der Waals surface area contributed by atoms with E-state index in [0.29, 0.717) is 12.8 Å². The van der Waals surface area contributed by atoms with Crippen molar-refractivity contribution in [3.63, 3.8) is 0 Å². The van der Waals surface area contributed by atoms with Gasteiger partial charge in [-0.3, -0.25) is 58.7 Å². The van der Waals surface area contributed by atoms with Gasteiger partial charge in [0.25, 0.3) is 11.6 Å². The number of carbonyl (C=O) groups is 10. The monoisotopic (exact) mass is 921 g/mol. The van der Waals surface area contributed by atoms with Crippen LogP contribution in [0.3, 0.4) is 0 Å². The van der Waals surface area contributed by atoms with Crippen LogP contribution in [0, 0.1) is 22.0 Å². The van der Waals surface area contributed by atoms with Gasteiger partial charge in [0.1, 0.15) is 42.0 Å². The molecule has 65 heavy (non-hydrogen) atoms. The summed E-state index contributed by atoms with van der Waals surface area (Å²) in [6, 6.07) is -4.31. The molecule has 1 heterocycles. The number of aliphatic hydroxyl groups excluding tert-OH is 1. The number of aliphatic hydroxyl groups is 1. The number of nitrogens with one attached hydrogen (secondary N) is 6. The Kier molecular flexibility index (Phi) is 21.2. The minimum absolute atomic E-state index is 0.00556. The first kappa shape index (κ1) is 54.2. The Morgan fingerprint density at radius 1 is 0.800 bits per heavy atom. The molecule has 0 aliphatic carbocycles. The molecule has 1 fully saturated rings. The van der Waals surface area contributed by atoms with Crippen LogP contribution in [0.2, 0.25) is 0 Å². The average Bonchev–Trinajstić information content (AvgIpc) is 3.71. The number of nitrogens with zero attached hydrogens (tertiary/aromatic N) is 3. The number of hydrazine groups is 1. The number of carboxylic acid groups (broad SMARTS) is 2. The van der Waals surface area contributed by atoms with E-state index >= 15 is 0 Å². The summed E-state index contributed by atoms with van der Waals surface area (Å²) in [7, 11) is 0. The molecule has 0 unspecified atom stereocenters. The lowest BCUT2D eigenvalue weighted by Gasteiger charge is -2.33. The molecule has 2 rings (SSSR count). The fraction of sp³-hybridized carbons (Fsp3) is 0.600. The lowest BCUT2D eigenvalue weighted by molar-refractivity contribution is -0.384. The van der Waals surface area contributed by atoms with Gasteiger partial charge in [-0.25, -0.2) is 9.80 Å². The first-order chi connectivity index (χ1) is 30.4. The highest BCUT2D eigenvalue weighted by Crippen LogP contribution is 2.22. The molecular weight excluding hydrogens is 862 g/mol. The number of nitro groups is 1. The number of non-ortho nitro benzene ring substituents is 1. The van der Waals surface area contributed by atoms with E-state index in [1.54, 1.807) is 20.8 Å². The molecule has 0 bridgehead atoms. The van der Waals surface area contributed by atoms with Crippen LogP contribution in [0.4, 0.5) is 10.5 Å². The number of nitro benzene ring substituents is 1. The maximum atomic E-state index is 14.1. The van der Waals surface area contributed by atoms with Crippen molar-refractivity contribution < 1.29 is 72.9 Å². The Balaban J connectivity index is 2.27. The van der Waals surface area contributed by atoms with Crippen molar-refractivity contribution in [1.82, 2.24) is 41.9 Å². The van der Waals surface area contributed by atoms with Crippen molar-refractivity contribution in [2.75, 3.05) is 13.1 Å². The van der Waals surface area contributed by atoms with Gasteiger partial charge in [0.15, 0.2) is 0 Å². The summed E-state index contributed by atoms with van der Waals surface area (Å²) in [5.41, 5.74) is 2.24. The highest BCUT2D eigenvalue weighted by Gasteiger charge is 2.41. The zero-order valence-corrected chi connectivity index (χ0v) is 37.2. The molecule has 1 aromatic carbocycles. The number of ether oxygens (including phenoxy) is 1. The van der Waals surface area contributed by atoms with Gasteiger partial charge in [0.05, 0.1) is 17.4 Å². The van der Waals surface area contributed by atoms with E-state index in [4.69, 9.17) is 4.74 Å². The highest BCUT2D eigenvalue weighted by atomic mass is 16.6. The van der Waals surface area contributed by atoms with E-state index in [2.05, 4.69) is 32.0 Å². The third kappa shape index (κ3) is 16.9. The SMILES string of the molecule is CCCN(NC(=O)[C@H]1CCCN1C(=O)[C@@H](NC(=O)[C@@H](NC(=O)[C@H](CC(=O)O)NC(=O)[C@H](CCC(=O)O)NC(=O)[C@@H](NC(C)=O)[C@@H](C)O)C(C)C)C(C)C)C(=O)Oc1ccc([N+](=O)[O-])cc1. The standard InChI is InChI=1S/C40H59N9O16/c1-8-17-48(40(62)65-25-13-11-24(12-14-25)49(63)64)46-36(58)28-10-9-18-47(28)39(61)32(21(4)5)45-37(59)31(20(2)3)44-35(57)27(19-30(54)55)43-34(56)26(15-16-29(52)53)42-38(60)33(22(6)50)41-23(7)51/h11-14,20-22,26-28,31-33,50H,8-10,15-19H2,1-7H3,(H,41,51)(H,42,60)(H,43,56)(H,44,57)(H,45,59)(H,46,58)(H,52,53)(H,54,55)/t22-,26+,27+,28-,31+,32+,33+/m1/s1. The second kappa shape index (κ2) is 25.4. The molecule has 0 radical (unpaired) electrons. The van der Waals surface area contributed by atoms with E-state index in [1.165, 1.54) is 37.8 Å². The fourth-order valence-corrected chi connectivity index (χ4v) is 6.52. The van der Waals surface area contributed by atoms with Crippen LogP contribution in [-0.2, 0) is 43.2 Å². The molecule has 1 aliphatic heterocycles. The van der Waals surface area contributed by atoms with Crippen LogP contribution < -0.4 is 36.7 Å². The predicted octanol–water partition coefficient (Wildman–Crippen LogP) is -0.696. The van der Waals surface area contributed by atoms with Gasteiger partial charge in [0.2, 0.25) is 35.4 Å². The number of carboxylic acids is 2. The molecule has 25 heteroatoms. The molecule has 0 saturated carbocycles. The second-order valence-electron chi connectivity index (χ2n) is 16.0. The van der Waals surface area contributed by atoms with Gasteiger partial charge in [-0.05, 0) is 56.6 Å². The van der Waals surface area contributed by atoms with Crippen molar-refractivity contribution in [2.24, 2.45) is 11.8 Å². The lowest BCUT2D eigenvalue weighted by atomic mass is 9.98. The summed E-state index contributed by atoms with van der Waals surface area (Å²) in [6.45, 7) is 10.3. The number of hydrogen-bond acceptors (Lipinski definition) is 14. The Labute approximate surface area is 373 Å². The van der Waals surface area contributed by atoms with Crippen molar-refractivity contribution in [3.8, 4) is 5.75 Å². The van der Waals surface area contributed by atoms with Gasteiger partial charge in [-0.1, -0.05) is 34.6 Å². The molecule has 8 amide bonds. The van der Waals surface area contributed by atoms with Crippen LogP contribution in [0.15, 0.2) is 24.3 Å². The normalized spacial score (nSPS) is 16.1. The predicted molar refractivity (Wildman–Crippen MR) is 225 cm³/mol. The Hall–Kier alpha value is -6.92. The third-order valence-electron chi connectivity index (χ3n) is 9.90. The number of amides is 8. The lowest BCUT2D eigenvalue weighted by Crippen LogP contribution is -2.62. The maximum Gasteiger partial charge on any atom is 0.434 e. The molecule has 360 valence electrons. The molecule has 25 nitrogen and oxygen atoms in total. The number of hydrogen-bond donors (Lipinski definition) is 9. The van der Waals surface area contributed by atoms with Crippen LogP contribution in [0.1, 0.15) is 87.0 Å². The second-order valence-corrected chi connectivity index (χ2v) is 16.0. The minimum Gasteiger partial charge on any atom is -0.481 e. The van der Waals surface area contributed by atoms with Crippen LogP contribution >= 0.6 is 0 Å². The first-order valence-electron chi connectivity index (χ1n) is 20.8. The summed E-state index contributed by atoms with van der Waals surface area (Å²) in [5, 5.41) is 52.4. The van der Waals surface area contributed by atoms with Gasteiger partial charge >= 0.3 is 18.0 Å². The van der Waals surface area contributed by atoms with E-state index in [0.717, 1.165) is 24.1 Å². The summed E-state index contributed by atoms with van der Waals surface area (Å²) in [6.07, 6.45) is -3.81. The minimum atomic E-state index is -1.90. The number of rotatable bonds is 23. The zero-order chi connectivity index (χ0) is 49.3. The van der Waals surface area contributed by atoms with E-state index in [9.17, 15) is 73.4 Å². The number of likely N-dealkylation sites (tertiary alicyclic amines) is 1. The number of carbonyl (C=O) groups excluding carboxylic acids is 8. The summed E-state index contributed by atoms with van der Waals surface area (Å²) < 4.78 is 5.29. The molecule has 1 aromatic rings. The zero-order valence-electron chi connectivity index (χ0n) is 37.2. The molecule has 7 atom stereocenters. The molecule has 1 aliphatic rings. The van der Waals surface area contributed by atoms with Gasteiger partial charge in [-0.2, -0.15) is 0 Å². The summed E-state index contributed by atoms with van der Waals surface area (Å²) in [4.78, 5) is 141. The van der Waals surface area contributed by atoms with Crippen molar-refractivity contribution in [2.45, 2.75) is 129 Å². The van der Waals surface area contributed by atoms with Gasteiger partial charge < -0.3 is 51.5 Å². The van der Waals surface area contributed by atoms with Crippen molar-refractivity contribution in [3.05, 3.63) is 34.4 Å². The average molecular weight is 922 g/mol. The van der Waals surface area contributed by atoms with Crippen LogP contribution in [0.5, 0.6) is 5.75 Å². The summed E-state index contributed by atoms with van der Waals surface area (Å²) >= 11 is 0. The number of aliphatic carboxylic acids is 2. The highest BCUT2D eigenvalue weighted by molar-refractivity contribution is 5.98. The molecule has 1 saturated heterocycles. The largest absolute Gasteiger partial charge is 0.481 e. The van der Waals surface area contributed by atoms with Gasteiger partial charge in [-0.15, -0.1) is 0 Å². The Morgan fingerprint density at radius 2 is 1.35 bits per heavy atom. The topological polar surface area (TPSA) is 362 Å².